The molecule has 2 aromatic rings. The van der Waals surface area contributed by atoms with Gasteiger partial charge in [0, 0.05) is 13.1 Å². The van der Waals surface area contributed by atoms with Crippen molar-refractivity contribution >= 4 is 41.0 Å². The summed E-state index contributed by atoms with van der Waals surface area (Å²) in [7, 11) is 1.52. The minimum atomic E-state index is -0.785. The first-order valence-electron chi connectivity index (χ1n) is 8.56. The second-order valence-corrected chi connectivity index (χ2v) is 7.04. The van der Waals surface area contributed by atoms with Crippen LogP contribution in [0.2, 0.25) is 0 Å². The molecule has 0 saturated heterocycles. The predicted molar refractivity (Wildman–Crippen MR) is 104 cm³/mol. The first-order valence-corrected chi connectivity index (χ1v) is 9.72. The zero-order chi connectivity index (χ0) is 20.1. The summed E-state index contributed by atoms with van der Waals surface area (Å²) in [6.45, 7) is 1.84. The molecule has 0 unspecified atom stereocenters. The minimum absolute atomic E-state index is 0.0834. The number of nitrogens with zero attached hydrogens (tertiary/aromatic N) is 2. The van der Waals surface area contributed by atoms with E-state index >= 15 is 0 Å². The largest absolute Gasteiger partial charge is 0.477 e. The lowest BCUT2D eigenvalue weighted by atomic mass is 10.2. The normalized spacial score (nSPS) is 15.4. The van der Waals surface area contributed by atoms with Crippen LogP contribution in [0.15, 0.2) is 34.9 Å². The van der Waals surface area contributed by atoms with Gasteiger partial charge in [-0.1, -0.05) is 17.3 Å². The molecule has 1 aliphatic rings. The van der Waals surface area contributed by atoms with E-state index in [4.69, 9.17) is 9.26 Å². The Balaban J connectivity index is 1.58. The number of para-hydroxylation sites is 2. The zero-order valence-corrected chi connectivity index (χ0v) is 16.2. The molecule has 2 heterocycles. The third-order valence-corrected chi connectivity index (χ3v) is 4.89. The van der Waals surface area contributed by atoms with E-state index in [0.29, 0.717) is 23.0 Å². The summed E-state index contributed by atoms with van der Waals surface area (Å²) in [6.07, 6.45) is -0.785. The van der Waals surface area contributed by atoms with Gasteiger partial charge in [-0.05, 0) is 19.1 Å². The number of fused-ring (bicyclic) bond motifs is 1. The van der Waals surface area contributed by atoms with Gasteiger partial charge in [-0.25, -0.2) is 0 Å². The summed E-state index contributed by atoms with van der Waals surface area (Å²) in [5, 5.41) is 8.82. The van der Waals surface area contributed by atoms with E-state index in [1.807, 2.05) is 0 Å². The third-order valence-electron chi connectivity index (χ3n) is 3.97. The molecule has 148 valence electrons. The van der Waals surface area contributed by atoms with Crippen molar-refractivity contribution in [1.82, 2.24) is 10.5 Å². The van der Waals surface area contributed by atoms with E-state index in [9.17, 15) is 14.4 Å². The van der Waals surface area contributed by atoms with Crippen LogP contribution in [-0.4, -0.2) is 54.1 Å². The monoisotopic (exact) mass is 404 g/mol. The molecule has 1 atom stereocenters. The fourth-order valence-corrected chi connectivity index (χ4v) is 3.37. The second-order valence-electron chi connectivity index (χ2n) is 6.06. The van der Waals surface area contributed by atoms with Crippen molar-refractivity contribution in [3.8, 4) is 5.75 Å². The van der Waals surface area contributed by atoms with E-state index in [1.165, 1.54) is 23.7 Å². The van der Waals surface area contributed by atoms with Crippen molar-refractivity contribution in [2.45, 2.75) is 13.0 Å². The number of likely N-dealkylation sites (N-methyl/N-ethyl adjacent to an activating group) is 1. The standard InChI is InChI=1S/C18H20N4O5S/c1-11-7-15(21-27-11)20-16(23)9-28-10-17(24)22-8-14(18(25)19-2)26-13-6-4-3-5-12(13)22/h3-7,14H,8-10H2,1-2H3,(H,19,25)(H,20,21,23)/t14-/m0/s1. The average molecular weight is 404 g/mol. The van der Waals surface area contributed by atoms with Gasteiger partial charge in [-0.3, -0.25) is 14.4 Å². The predicted octanol–water partition coefficient (Wildman–Crippen LogP) is 1.19. The van der Waals surface area contributed by atoms with Gasteiger partial charge in [-0.2, -0.15) is 0 Å². The van der Waals surface area contributed by atoms with Crippen molar-refractivity contribution in [2.75, 3.05) is 35.3 Å². The van der Waals surface area contributed by atoms with Gasteiger partial charge in [0.05, 0.1) is 23.7 Å². The lowest BCUT2D eigenvalue weighted by molar-refractivity contribution is -0.127. The van der Waals surface area contributed by atoms with Crippen LogP contribution < -0.4 is 20.3 Å². The highest BCUT2D eigenvalue weighted by Gasteiger charge is 2.33. The number of aryl methyl sites for hydroxylation is 1. The number of ether oxygens (including phenoxy) is 1. The molecular formula is C18H20N4O5S. The van der Waals surface area contributed by atoms with Crippen LogP contribution in [-0.2, 0) is 14.4 Å². The maximum atomic E-state index is 12.7. The molecule has 28 heavy (non-hydrogen) atoms. The van der Waals surface area contributed by atoms with E-state index in [1.54, 1.807) is 37.3 Å². The van der Waals surface area contributed by atoms with Crippen LogP contribution >= 0.6 is 11.8 Å². The SMILES string of the molecule is CNC(=O)[C@@H]1CN(C(=O)CSCC(=O)Nc2cc(C)on2)c2ccccc2O1. The van der Waals surface area contributed by atoms with E-state index in [2.05, 4.69) is 15.8 Å². The van der Waals surface area contributed by atoms with Crippen LogP contribution in [0.1, 0.15) is 5.76 Å². The third kappa shape index (κ3) is 4.63. The molecule has 10 heteroatoms. The van der Waals surface area contributed by atoms with Crippen molar-refractivity contribution in [3.05, 3.63) is 36.1 Å². The van der Waals surface area contributed by atoms with Crippen molar-refractivity contribution in [2.24, 2.45) is 0 Å². The lowest BCUT2D eigenvalue weighted by Gasteiger charge is -2.34. The van der Waals surface area contributed by atoms with E-state index in [0.717, 1.165) is 0 Å². The molecule has 0 aliphatic carbocycles. The van der Waals surface area contributed by atoms with Crippen molar-refractivity contribution in [1.29, 1.82) is 0 Å². The fourth-order valence-electron chi connectivity index (χ4n) is 2.68. The van der Waals surface area contributed by atoms with Gasteiger partial charge in [0.25, 0.3) is 5.91 Å². The molecule has 1 aromatic heterocycles. The van der Waals surface area contributed by atoms with Gasteiger partial charge in [0.1, 0.15) is 11.5 Å². The number of thioether (sulfide) groups is 1. The molecule has 0 bridgehead atoms. The Morgan fingerprint density at radius 1 is 1.29 bits per heavy atom. The number of hydrogen-bond donors (Lipinski definition) is 2. The summed E-state index contributed by atoms with van der Waals surface area (Å²) in [5.74, 6) is 0.779. The Bertz CT molecular complexity index is 884. The first-order chi connectivity index (χ1) is 13.5. The molecule has 9 nitrogen and oxygen atoms in total. The van der Waals surface area contributed by atoms with Crippen LogP contribution in [0.25, 0.3) is 0 Å². The smallest absolute Gasteiger partial charge is 0.262 e. The average Bonchev–Trinajstić information content (AvgIpc) is 3.10. The summed E-state index contributed by atoms with van der Waals surface area (Å²) >= 11 is 1.18. The Morgan fingerprint density at radius 2 is 2.07 bits per heavy atom. The van der Waals surface area contributed by atoms with Crippen molar-refractivity contribution < 1.29 is 23.6 Å². The van der Waals surface area contributed by atoms with Gasteiger partial charge < -0.3 is 24.8 Å². The maximum Gasteiger partial charge on any atom is 0.262 e. The van der Waals surface area contributed by atoms with Crippen LogP contribution in [0.5, 0.6) is 5.75 Å². The highest BCUT2D eigenvalue weighted by atomic mass is 32.2. The number of nitrogens with one attached hydrogen (secondary N) is 2. The molecule has 3 rings (SSSR count). The molecule has 0 radical (unpaired) electrons. The summed E-state index contributed by atoms with van der Waals surface area (Å²) < 4.78 is 10.6. The number of amides is 3. The Morgan fingerprint density at radius 3 is 2.79 bits per heavy atom. The van der Waals surface area contributed by atoms with Gasteiger partial charge in [0.2, 0.25) is 11.8 Å². The number of rotatable bonds is 6. The highest BCUT2D eigenvalue weighted by Crippen LogP contribution is 2.33. The first kappa shape index (κ1) is 19.7. The van der Waals surface area contributed by atoms with E-state index in [-0.39, 0.29) is 35.8 Å². The summed E-state index contributed by atoms with van der Waals surface area (Å²) in [5.41, 5.74) is 0.607. The molecule has 2 N–H and O–H groups in total. The van der Waals surface area contributed by atoms with Crippen LogP contribution in [0.3, 0.4) is 0 Å². The lowest BCUT2D eigenvalue weighted by Crippen LogP contribution is -2.50. The number of aromatic nitrogens is 1. The Hall–Kier alpha value is -3.01. The molecule has 3 amide bonds. The molecule has 0 fully saturated rings. The van der Waals surface area contributed by atoms with Gasteiger partial charge in [-0.15, -0.1) is 11.8 Å². The number of carbonyl (C=O) groups is 3. The summed E-state index contributed by atoms with van der Waals surface area (Å²) in [6, 6.07) is 8.65. The quantitative estimate of drug-likeness (QED) is 0.743. The molecular weight excluding hydrogens is 384 g/mol. The topological polar surface area (TPSA) is 114 Å². The Kier molecular flexibility index (Phi) is 6.19. The maximum absolute atomic E-state index is 12.7. The van der Waals surface area contributed by atoms with E-state index < -0.39 is 6.10 Å². The van der Waals surface area contributed by atoms with Gasteiger partial charge in [0.15, 0.2) is 11.9 Å². The second kappa shape index (κ2) is 8.79. The minimum Gasteiger partial charge on any atom is -0.477 e. The van der Waals surface area contributed by atoms with Crippen LogP contribution in [0, 0.1) is 6.92 Å². The molecule has 0 spiro atoms. The zero-order valence-electron chi connectivity index (χ0n) is 15.4. The Labute approximate surface area is 165 Å². The fraction of sp³-hybridized carbons (Fsp3) is 0.333. The number of benzene rings is 1. The van der Waals surface area contributed by atoms with Crippen molar-refractivity contribution in [3.63, 3.8) is 0 Å². The summed E-state index contributed by atoms with van der Waals surface area (Å²) in [4.78, 5) is 38.2. The molecule has 1 aromatic carbocycles. The number of hydrogen-bond acceptors (Lipinski definition) is 7. The van der Waals surface area contributed by atoms with Gasteiger partial charge >= 0.3 is 0 Å². The highest BCUT2D eigenvalue weighted by molar-refractivity contribution is 8.00. The van der Waals surface area contributed by atoms with Crippen LogP contribution in [0.4, 0.5) is 11.5 Å². The molecule has 0 saturated carbocycles. The number of anilines is 2. The number of carbonyl (C=O) groups excluding carboxylic acids is 3. The molecule has 1 aliphatic heterocycles.